The highest BCUT2D eigenvalue weighted by Crippen LogP contribution is 2.23. The molecule has 0 aliphatic rings. The van der Waals surface area contributed by atoms with Crippen molar-refractivity contribution in [1.82, 2.24) is 15.0 Å². The molecular formula is C17H14FN3O. The lowest BCUT2D eigenvalue weighted by Crippen LogP contribution is -2.05. The van der Waals surface area contributed by atoms with Crippen molar-refractivity contribution in [2.45, 2.75) is 13.5 Å². The fraction of sp³-hybridized carbons (Fsp3) is 0.118. The van der Waals surface area contributed by atoms with Gasteiger partial charge in [0.05, 0.1) is 12.2 Å². The first-order valence-electron chi connectivity index (χ1n) is 6.89. The van der Waals surface area contributed by atoms with E-state index in [1.807, 2.05) is 36.4 Å². The molecule has 0 aliphatic heterocycles. The molecule has 0 N–H and O–H groups in total. The molecule has 110 valence electrons. The Labute approximate surface area is 127 Å². The quantitative estimate of drug-likeness (QED) is 0.694. The maximum absolute atomic E-state index is 13.3. The van der Waals surface area contributed by atoms with Gasteiger partial charge in [0.1, 0.15) is 5.82 Å². The van der Waals surface area contributed by atoms with E-state index in [1.165, 1.54) is 19.1 Å². The molecule has 0 saturated heterocycles. The van der Waals surface area contributed by atoms with Crippen LogP contribution in [-0.4, -0.2) is 20.8 Å². The number of rotatable bonds is 4. The van der Waals surface area contributed by atoms with E-state index in [2.05, 4.69) is 10.3 Å². The predicted molar refractivity (Wildman–Crippen MR) is 81.0 cm³/mol. The van der Waals surface area contributed by atoms with Crippen LogP contribution in [-0.2, 0) is 6.54 Å². The maximum Gasteiger partial charge on any atom is 0.182 e. The summed E-state index contributed by atoms with van der Waals surface area (Å²) >= 11 is 0. The second-order valence-electron chi connectivity index (χ2n) is 5.00. The van der Waals surface area contributed by atoms with Crippen LogP contribution in [0.4, 0.5) is 4.39 Å². The van der Waals surface area contributed by atoms with Gasteiger partial charge in [0.15, 0.2) is 11.5 Å². The summed E-state index contributed by atoms with van der Waals surface area (Å²) in [5.74, 6) is -0.449. The van der Waals surface area contributed by atoms with E-state index in [9.17, 15) is 9.18 Å². The molecule has 5 heteroatoms. The zero-order valence-corrected chi connectivity index (χ0v) is 12.0. The highest BCUT2D eigenvalue weighted by atomic mass is 19.1. The van der Waals surface area contributed by atoms with Gasteiger partial charge in [-0.3, -0.25) is 4.79 Å². The van der Waals surface area contributed by atoms with Crippen LogP contribution in [0, 0.1) is 5.82 Å². The van der Waals surface area contributed by atoms with Crippen molar-refractivity contribution in [2.24, 2.45) is 0 Å². The Hall–Kier alpha value is -2.82. The summed E-state index contributed by atoms with van der Waals surface area (Å²) in [6.07, 6.45) is 0. The van der Waals surface area contributed by atoms with Crippen LogP contribution < -0.4 is 0 Å². The highest BCUT2D eigenvalue weighted by molar-refractivity contribution is 5.97. The monoisotopic (exact) mass is 295 g/mol. The fourth-order valence-electron chi connectivity index (χ4n) is 2.35. The largest absolute Gasteiger partial charge is 0.293 e. The van der Waals surface area contributed by atoms with E-state index < -0.39 is 0 Å². The average molecular weight is 295 g/mol. The third-order valence-corrected chi connectivity index (χ3v) is 3.34. The second kappa shape index (κ2) is 5.89. The van der Waals surface area contributed by atoms with Gasteiger partial charge in [0.25, 0.3) is 0 Å². The number of benzene rings is 2. The molecule has 0 spiro atoms. The van der Waals surface area contributed by atoms with Gasteiger partial charge < -0.3 is 0 Å². The third-order valence-electron chi connectivity index (χ3n) is 3.34. The van der Waals surface area contributed by atoms with Crippen molar-refractivity contribution in [2.75, 3.05) is 0 Å². The zero-order chi connectivity index (χ0) is 15.5. The Bertz CT molecular complexity index is 812. The number of halogens is 1. The number of aromatic nitrogens is 3. The number of carbonyl (C=O) groups is 1. The molecule has 2 aromatic carbocycles. The molecule has 3 aromatic rings. The normalized spacial score (nSPS) is 10.6. The molecule has 1 heterocycles. The first-order valence-corrected chi connectivity index (χ1v) is 6.89. The van der Waals surface area contributed by atoms with Gasteiger partial charge in [-0.05, 0) is 17.7 Å². The van der Waals surface area contributed by atoms with Crippen LogP contribution >= 0.6 is 0 Å². The Morgan fingerprint density at radius 3 is 2.59 bits per heavy atom. The average Bonchev–Trinajstić information content (AvgIpc) is 2.92. The predicted octanol–water partition coefficient (Wildman–Crippen LogP) is 3.34. The second-order valence-corrected chi connectivity index (χ2v) is 5.00. The Balaban J connectivity index is 2.07. The number of carbonyl (C=O) groups excluding carboxylic acids is 1. The summed E-state index contributed by atoms with van der Waals surface area (Å²) in [6, 6.07) is 15.8. The number of ketones is 1. The summed E-state index contributed by atoms with van der Waals surface area (Å²) in [5.41, 5.74) is 2.59. The van der Waals surface area contributed by atoms with Gasteiger partial charge in [0.2, 0.25) is 0 Å². The van der Waals surface area contributed by atoms with Crippen LogP contribution in [0.3, 0.4) is 0 Å². The summed E-state index contributed by atoms with van der Waals surface area (Å²) in [7, 11) is 0. The van der Waals surface area contributed by atoms with Crippen molar-refractivity contribution < 1.29 is 9.18 Å². The minimum Gasteiger partial charge on any atom is -0.293 e. The summed E-state index contributed by atoms with van der Waals surface area (Å²) in [5, 5.41) is 8.04. The molecule has 0 saturated carbocycles. The molecule has 0 unspecified atom stereocenters. The van der Waals surface area contributed by atoms with Crippen LogP contribution in [0.1, 0.15) is 23.0 Å². The van der Waals surface area contributed by atoms with Gasteiger partial charge in [-0.1, -0.05) is 47.7 Å². The Kier molecular flexibility index (Phi) is 3.78. The maximum atomic E-state index is 13.3. The highest BCUT2D eigenvalue weighted by Gasteiger charge is 2.18. The molecule has 0 bridgehead atoms. The lowest BCUT2D eigenvalue weighted by atomic mass is 10.1. The number of nitrogens with zero attached hydrogens (tertiary/aromatic N) is 3. The first-order chi connectivity index (χ1) is 10.6. The van der Waals surface area contributed by atoms with E-state index in [0.29, 0.717) is 17.9 Å². The van der Waals surface area contributed by atoms with Crippen LogP contribution in [0.25, 0.3) is 11.3 Å². The topological polar surface area (TPSA) is 47.8 Å². The van der Waals surface area contributed by atoms with Gasteiger partial charge in [-0.15, -0.1) is 5.10 Å². The van der Waals surface area contributed by atoms with Gasteiger partial charge >= 0.3 is 0 Å². The van der Waals surface area contributed by atoms with E-state index in [1.54, 1.807) is 10.7 Å². The molecular weight excluding hydrogens is 281 g/mol. The van der Waals surface area contributed by atoms with Crippen molar-refractivity contribution in [3.05, 3.63) is 71.7 Å². The van der Waals surface area contributed by atoms with E-state index in [4.69, 9.17) is 0 Å². The first kappa shape index (κ1) is 14.1. The van der Waals surface area contributed by atoms with Crippen LogP contribution in [0.2, 0.25) is 0 Å². The third kappa shape index (κ3) is 2.79. The fourth-order valence-corrected chi connectivity index (χ4v) is 2.35. The molecule has 0 fully saturated rings. The summed E-state index contributed by atoms with van der Waals surface area (Å²) < 4.78 is 15.0. The van der Waals surface area contributed by atoms with Crippen molar-refractivity contribution in [1.29, 1.82) is 0 Å². The summed E-state index contributed by atoms with van der Waals surface area (Å²) in [6.45, 7) is 1.81. The zero-order valence-electron chi connectivity index (χ0n) is 12.0. The van der Waals surface area contributed by atoms with Gasteiger partial charge in [-0.25, -0.2) is 9.07 Å². The van der Waals surface area contributed by atoms with E-state index in [-0.39, 0.29) is 11.6 Å². The van der Waals surface area contributed by atoms with E-state index in [0.717, 1.165) is 11.1 Å². The van der Waals surface area contributed by atoms with Crippen molar-refractivity contribution in [3.63, 3.8) is 0 Å². The van der Waals surface area contributed by atoms with E-state index >= 15 is 0 Å². The SMILES string of the molecule is CC(=O)c1nnn(Cc2cccc(F)c2)c1-c1ccccc1. The number of hydrogen-bond acceptors (Lipinski definition) is 3. The molecule has 3 rings (SSSR count). The van der Waals surface area contributed by atoms with Crippen molar-refractivity contribution in [3.8, 4) is 11.3 Å². The Morgan fingerprint density at radius 1 is 1.14 bits per heavy atom. The molecule has 22 heavy (non-hydrogen) atoms. The van der Waals surface area contributed by atoms with Gasteiger partial charge in [0, 0.05) is 12.5 Å². The number of hydrogen-bond donors (Lipinski definition) is 0. The molecule has 0 radical (unpaired) electrons. The molecule has 0 aliphatic carbocycles. The summed E-state index contributed by atoms with van der Waals surface area (Å²) in [4.78, 5) is 11.8. The lowest BCUT2D eigenvalue weighted by molar-refractivity contribution is 0.101. The van der Waals surface area contributed by atoms with Gasteiger partial charge in [-0.2, -0.15) is 0 Å². The Morgan fingerprint density at radius 2 is 1.91 bits per heavy atom. The minimum atomic E-state index is -0.300. The smallest absolute Gasteiger partial charge is 0.182 e. The minimum absolute atomic E-state index is 0.149. The lowest BCUT2D eigenvalue weighted by Gasteiger charge is -2.08. The van der Waals surface area contributed by atoms with Crippen molar-refractivity contribution >= 4 is 5.78 Å². The molecule has 0 atom stereocenters. The molecule has 0 amide bonds. The van der Waals surface area contributed by atoms with Crippen LogP contribution in [0.15, 0.2) is 54.6 Å². The molecule has 4 nitrogen and oxygen atoms in total. The standard InChI is InChI=1S/C17H14FN3O/c1-12(22)16-17(14-7-3-2-4-8-14)21(20-19-16)11-13-6-5-9-15(18)10-13/h2-10H,11H2,1H3. The van der Waals surface area contributed by atoms with Crippen LogP contribution in [0.5, 0.6) is 0 Å². The molecule has 1 aromatic heterocycles. The number of Topliss-reactive ketones (excluding diaryl/α,β-unsaturated/α-hetero) is 1.